The van der Waals surface area contributed by atoms with E-state index in [2.05, 4.69) is 129 Å². The van der Waals surface area contributed by atoms with Crippen LogP contribution in [0.1, 0.15) is 57.6 Å². The molecule has 2 aromatic heterocycles. The van der Waals surface area contributed by atoms with Gasteiger partial charge in [-0.1, -0.05) is 27.2 Å². The van der Waals surface area contributed by atoms with Gasteiger partial charge in [0.1, 0.15) is 11.6 Å². The molecule has 4 aromatic rings. The number of nitrogens with one attached hydrogen (secondary N) is 4. The van der Waals surface area contributed by atoms with Crippen molar-refractivity contribution in [1.82, 2.24) is 40.2 Å². The standard InChI is InChI=1S/C25H40N6S.C23H37N7S/c1-5-7-12-30(6-2)13-8-11-26-25(32)27-21-9-10-23-22(19-21)20(3)18-24(28-23)31-16-14-29(4)15-17-31;1-4-29-12-14-30(15-13-29)10-5-9-25-23(31)26-19-6-7-21-20(17-19)18(2)16-22(27-21)28(3)11-8-24/h9-10,18-19H,5-8,11-17H2,1-4H3,(H2,26,27,32);6-7,16-17H,4-5,8-15,24H2,1-3H3,(H2,25,26,31). The van der Waals surface area contributed by atoms with E-state index in [4.69, 9.17) is 40.1 Å². The van der Waals surface area contributed by atoms with E-state index in [1.165, 1.54) is 62.1 Å². The Morgan fingerprint density at radius 3 is 1.86 bits per heavy atom. The molecule has 2 aliphatic heterocycles. The first kappa shape index (κ1) is 50.0. The third-order valence-electron chi connectivity index (χ3n) is 12.3. The number of hydrogen-bond donors (Lipinski definition) is 5. The molecule has 0 saturated carbocycles. The first-order valence-corrected chi connectivity index (χ1v) is 24.3. The molecule has 2 aliphatic rings. The number of aryl methyl sites for hydroxylation is 2. The molecule has 0 atom stereocenters. The fraction of sp³-hybridized carbons (Fsp3) is 0.583. The molecule has 6 N–H and O–H groups in total. The molecule has 13 nitrogen and oxygen atoms in total. The molecule has 0 unspecified atom stereocenters. The largest absolute Gasteiger partial charge is 0.362 e. The van der Waals surface area contributed by atoms with Crippen LogP contribution in [0.15, 0.2) is 48.5 Å². The highest BCUT2D eigenvalue weighted by molar-refractivity contribution is 7.80. The molecular weight excluding hydrogens is 823 g/mol. The molecule has 4 heterocycles. The Morgan fingerprint density at radius 1 is 0.698 bits per heavy atom. The molecule has 346 valence electrons. The predicted molar refractivity (Wildman–Crippen MR) is 278 cm³/mol. The lowest BCUT2D eigenvalue weighted by Gasteiger charge is -2.34. The van der Waals surface area contributed by atoms with Crippen LogP contribution < -0.4 is 36.8 Å². The SMILES string of the molecule is CCCCN(CC)CCCNC(=S)Nc1ccc2nc(N3CCN(C)CC3)cc(C)c2c1.CCN1CCN(CCCNC(=S)Nc2ccc3nc(N(C)CCN)cc(C)c3c2)CC1. The lowest BCUT2D eigenvalue weighted by Crippen LogP contribution is -2.46. The van der Waals surface area contributed by atoms with E-state index in [0.717, 1.165) is 124 Å². The summed E-state index contributed by atoms with van der Waals surface area (Å²) in [6, 6.07) is 16.8. The Balaban J connectivity index is 0.000000238. The number of rotatable bonds is 19. The van der Waals surface area contributed by atoms with Crippen LogP contribution >= 0.6 is 24.4 Å². The Bertz CT molecular complexity index is 2030. The monoisotopic (exact) mass is 900 g/mol. The summed E-state index contributed by atoms with van der Waals surface area (Å²) in [5.41, 5.74) is 12.1. The Hall–Kier alpha value is -3.96. The van der Waals surface area contributed by atoms with Gasteiger partial charge in [-0.25, -0.2) is 9.97 Å². The van der Waals surface area contributed by atoms with E-state index in [-0.39, 0.29) is 0 Å². The van der Waals surface area contributed by atoms with Crippen molar-refractivity contribution < 1.29 is 0 Å². The zero-order valence-corrected chi connectivity index (χ0v) is 41.1. The van der Waals surface area contributed by atoms with Gasteiger partial charge >= 0.3 is 0 Å². The first-order chi connectivity index (χ1) is 30.5. The van der Waals surface area contributed by atoms with Crippen molar-refractivity contribution in [2.24, 2.45) is 5.73 Å². The van der Waals surface area contributed by atoms with E-state index in [0.29, 0.717) is 16.8 Å². The molecule has 2 aromatic carbocycles. The van der Waals surface area contributed by atoms with Crippen LogP contribution in [0.25, 0.3) is 21.8 Å². The average molecular weight is 900 g/mol. The van der Waals surface area contributed by atoms with Gasteiger partial charge in [0.05, 0.1) is 11.0 Å². The summed E-state index contributed by atoms with van der Waals surface area (Å²) in [6.07, 6.45) is 4.71. The molecule has 0 aliphatic carbocycles. The number of aromatic nitrogens is 2. The van der Waals surface area contributed by atoms with Gasteiger partial charge in [-0.15, -0.1) is 0 Å². The highest BCUT2D eigenvalue weighted by atomic mass is 32.1. The number of likely N-dealkylation sites (N-methyl/N-ethyl adjacent to an activating group) is 3. The van der Waals surface area contributed by atoms with Crippen molar-refractivity contribution in [2.75, 3.05) is 146 Å². The summed E-state index contributed by atoms with van der Waals surface area (Å²) in [5.74, 6) is 2.03. The molecule has 0 spiro atoms. The van der Waals surface area contributed by atoms with Crippen molar-refractivity contribution in [2.45, 2.75) is 60.3 Å². The fourth-order valence-corrected chi connectivity index (χ4v) is 8.55. The van der Waals surface area contributed by atoms with Gasteiger partial charge in [0.25, 0.3) is 0 Å². The molecular formula is C48H77N13S2. The fourth-order valence-electron chi connectivity index (χ4n) is 8.11. The van der Waals surface area contributed by atoms with Gasteiger partial charge in [-0.2, -0.15) is 0 Å². The van der Waals surface area contributed by atoms with Gasteiger partial charge in [0.2, 0.25) is 0 Å². The quantitative estimate of drug-likeness (QED) is 0.0532. The number of nitrogens with zero attached hydrogens (tertiary/aromatic N) is 8. The topological polar surface area (TPSA) is 119 Å². The summed E-state index contributed by atoms with van der Waals surface area (Å²) in [7, 11) is 4.20. The van der Waals surface area contributed by atoms with Crippen LogP contribution in [-0.2, 0) is 0 Å². The van der Waals surface area contributed by atoms with Crippen molar-refractivity contribution in [3.05, 3.63) is 59.7 Å². The van der Waals surface area contributed by atoms with Crippen LogP contribution in [0.2, 0.25) is 0 Å². The van der Waals surface area contributed by atoms with Crippen molar-refractivity contribution in [3.8, 4) is 0 Å². The Labute approximate surface area is 389 Å². The van der Waals surface area contributed by atoms with Crippen molar-refractivity contribution in [1.29, 1.82) is 0 Å². The van der Waals surface area contributed by atoms with Gasteiger partial charge in [0.15, 0.2) is 10.2 Å². The normalized spacial score (nSPS) is 15.0. The van der Waals surface area contributed by atoms with Gasteiger partial charge in [-0.05, 0) is 157 Å². The van der Waals surface area contributed by atoms with Gasteiger partial charge < -0.3 is 56.4 Å². The zero-order chi connectivity index (χ0) is 45.1. The molecule has 6 rings (SSSR count). The van der Waals surface area contributed by atoms with Crippen LogP contribution in [0, 0.1) is 13.8 Å². The summed E-state index contributed by atoms with van der Waals surface area (Å²) in [4.78, 5) is 24.1. The smallest absolute Gasteiger partial charge is 0.170 e. The summed E-state index contributed by atoms with van der Waals surface area (Å²) in [5, 5.41) is 17.0. The van der Waals surface area contributed by atoms with Gasteiger partial charge in [0, 0.05) is 108 Å². The number of piperazine rings is 2. The number of hydrogen-bond acceptors (Lipinski definition) is 11. The van der Waals surface area contributed by atoms with Gasteiger partial charge in [-0.3, -0.25) is 0 Å². The molecule has 2 fully saturated rings. The first-order valence-electron chi connectivity index (χ1n) is 23.4. The second-order valence-corrected chi connectivity index (χ2v) is 17.9. The number of thiocarbonyl (C=S) groups is 2. The number of anilines is 4. The lowest BCUT2D eigenvalue weighted by atomic mass is 10.1. The van der Waals surface area contributed by atoms with Crippen LogP contribution in [0.5, 0.6) is 0 Å². The van der Waals surface area contributed by atoms with E-state index in [1.54, 1.807) is 0 Å². The van der Waals surface area contributed by atoms with E-state index in [1.807, 2.05) is 19.2 Å². The van der Waals surface area contributed by atoms with E-state index >= 15 is 0 Å². The van der Waals surface area contributed by atoms with Crippen molar-refractivity contribution >= 4 is 79.5 Å². The molecule has 63 heavy (non-hydrogen) atoms. The molecule has 0 bridgehead atoms. The number of benzene rings is 2. The second kappa shape index (κ2) is 26.1. The Morgan fingerprint density at radius 2 is 1.27 bits per heavy atom. The maximum Gasteiger partial charge on any atom is 0.170 e. The third kappa shape index (κ3) is 15.9. The average Bonchev–Trinajstić information content (AvgIpc) is 3.28. The number of fused-ring (bicyclic) bond motifs is 2. The molecule has 0 radical (unpaired) electrons. The number of nitrogens with two attached hydrogens (primary N) is 1. The molecule has 2 saturated heterocycles. The minimum atomic E-state index is 0.609. The predicted octanol–water partition coefficient (Wildman–Crippen LogP) is 6.35. The van der Waals surface area contributed by atoms with Crippen LogP contribution in [-0.4, -0.2) is 165 Å². The molecule has 0 amide bonds. The molecule has 15 heteroatoms. The Kier molecular flexibility index (Phi) is 20.7. The van der Waals surface area contributed by atoms with Crippen LogP contribution in [0.3, 0.4) is 0 Å². The maximum absolute atomic E-state index is 5.68. The highest BCUT2D eigenvalue weighted by Crippen LogP contribution is 2.27. The number of unbranched alkanes of at least 4 members (excludes halogenated alkanes) is 1. The summed E-state index contributed by atoms with van der Waals surface area (Å²) < 4.78 is 0. The maximum atomic E-state index is 5.68. The summed E-state index contributed by atoms with van der Waals surface area (Å²) >= 11 is 11.0. The van der Waals surface area contributed by atoms with E-state index < -0.39 is 0 Å². The zero-order valence-electron chi connectivity index (χ0n) is 39.4. The summed E-state index contributed by atoms with van der Waals surface area (Å²) in [6.45, 7) is 28.8. The number of pyridine rings is 2. The minimum absolute atomic E-state index is 0.609. The van der Waals surface area contributed by atoms with Crippen molar-refractivity contribution in [3.63, 3.8) is 0 Å². The van der Waals surface area contributed by atoms with Crippen LogP contribution in [0.4, 0.5) is 23.0 Å². The van der Waals surface area contributed by atoms with E-state index in [9.17, 15) is 0 Å². The minimum Gasteiger partial charge on any atom is -0.362 e. The lowest BCUT2D eigenvalue weighted by molar-refractivity contribution is 0.136. The second-order valence-electron chi connectivity index (χ2n) is 17.1. The highest BCUT2D eigenvalue weighted by Gasteiger charge is 2.17. The third-order valence-corrected chi connectivity index (χ3v) is 12.8.